The van der Waals surface area contributed by atoms with Gasteiger partial charge in [-0.2, -0.15) is 0 Å². The van der Waals surface area contributed by atoms with Gasteiger partial charge in [-0.1, -0.05) is 36.4 Å². The zero-order chi connectivity index (χ0) is 18.4. The van der Waals surface area contributed by atoms with Crippen LogP contribution in [0.3, 0.4) is 0 Å². The number of carbonyl (C=O) groups is 1. The lowest BCUT2D eigenvalue weighted by molar-refractivity contribution is 0.0696. The van der Waals surface area contributed by atoms with Crippen LogP contribution in [0.25, 0.3) is 12.2 Å². The minimum atomic E-state index is -0.991. The second-order valence-corrected chi connectivity index (χ2v) is 6.34. The number of fused-ring (bicyclic) bond motifs is 2. The molecule has 0 unspecified atom stereocenters. The second kappa shape index (κ2) is 5.77. The van der Waals surface area contributed by atoms with Crippen LogP contribution in [0.4, 0.5) is 0 Å². The molecule has 0 saturated heterocycles. The van der Waals surface area contributed by atoms with Gasteiger partial charge in [0.1, 0.15) is 17.2 Å². The number of hydrogen-bond acceptors (Lipinski definition) is 3. The van der Waals surface area contributed by atoms with E-state index >= 15 is 0 Å². The Morgan fingerprint density at radius 3 is 2.54 bits per heavy atom. The Balaban J connectivity index is 2.18. The van der Waals surface area contributed by atoms with Crippen LogP contribution in [-0.4, -0.2) is 16.2 Å². The summed E-state index contributed by atoms with van der Waals surface area (Å²) in [4.78, 5) is 11.8. The van der Waals surface area contributed by atoms with Crippen molar-refractivity contribution in [3.63, 3.8) is 0 Å². The van der Waals surface area contributed by atoms with Crippen molar-refractivity contribution in [1.82, 2.24) is 0 Å². The Bertz CT molecular complexity index is 1180. The number of carboxylic acids is 1. The summed E-state index contributed by atoms with van der Waals surface area (Å²) >= 11 is 0. The lowest BCUT2D eigenvalue weighted by Gasteiger charge is -2.22. The summed E-state index contributed by atoms with van der Waals surface area (Å²) < 4.78 is 5.95. The molecule has 0 amide bonds. The zero-order valence-corrected chi connectivity index (χ0v) is 14.1. The highest BCUT2D eigenvalue weighted by atomic mass is 16.5. The lowest BCUT2D eigenvalue weighted by atomic mass is 9.88. The summed E-state index contributed by atoms with van der Waals surface area (Å²) in [6.45, 7) is 5.85. The Morgan fingerprint density at radius 2 is 1.77 bits per heavy atom. The summed E-state index contributed by atoms with van der Waals surface area (Å²) in [5.41, 5.74) is 3.30. The molecule has 0 radical (unpaired) electrons. The van der Waals surface area contributed by atoms with Gasteiger partial charge in [-0.15, -0.1) is 0 Å². The van der Waals surface area contributed by atoms with Gasteiger partial charge < -0.3 is 14.9 Å². The maximum absolute atomic E-state index is 11.8. The zero-order valence-electron chi connectivity index (χ0n) is 14.1. The number of aromatic hydroxyl groups is 1. The molecule has 0 spiro atoms. The first-order valence-electron chi connectivity index (χ1n) is 8.13. The van der Waals surface area contributed by atoms with Crippen LogP contribution in [0.15, 0.2) is 54.6 Å². The average Bonchev–Trinajstić information content (AvgIpc) is 2.59. The van der Waals surface area contributed by atoms with E-state index in [0.717, 1.165) is 27.1 Å². The molecule has 0 atom stereocenters. The molecule has 4 heteroatoms. The number of carboxylic acid groups (broad SMARTS) is 1. The first-order valence-corrected chi connectivity index (χ1v) is 8.13. The van der Waals surface area contributed by atoms with Crippen LogP contribution in [0.2, 0.25) is 0 Å². The summed E-state index contributed by atoms with van der Waals surface area (Å²) in [6.07, 6.45) is 0. The van der Waals surface area contributed by atoms with E-state index in [1.807, 2.05) is 25.1 Å². The molecule has 2 N–H and O–H groups in total. The molecule has 0 fully saturated rings. The second-order valence-electron chi connectivity index (χ2n) is 6.34. The van der Waals surface area contributed by atoms with Gasteiger partial charge in [-0.3, -0.25) is 0 Å². The first kappa shape index (κ1) is 16.0. The molecule has 0 saturated carbocycles. The van der Waals surface area contributed by atoms with Crippen LogP contribution in [0, 0.1) is 6.92 Å². The molecule has 26 heavy (non-hydrogen) atoms. The minimum absolute atomic E-state index is 0.0834. The Labute approximate surface area is 149 Å². The molecule has 4 rings (SSSR count). The number of aromatic carboxylic acids is 1. The molecule has 0 aromatic heterocycles. The van der Waals surface area contributed by atoms with Gasteiger partial charge in [-0.05, 0) is 42.0 Å². The maximum atomic E-state index is 11.8. The Morgan fingerprint density at radius 1 is 0.962 bits per heavy atom. The quantitative estimate of drug-likeness (QED) is 0.586. The number of phenols is 1. The Hall–Kier alpha value is -3.53. The van der Waals surface area contributed by atoms with Crippen LogP contribution in [-0.2, 0) is 0 Å². The summed E-state index contributed by atoms with van der Waals surface area (Å²) in [5.74, 6) is 0.161. The third-order valence-electron chi connectivity index (χ3n) is 4.44. The van der Waals surface area contributed by atoms with Gasteiger partial charge in [0.2, 0.25) is 0 Å². The van der Waals surface area contributed by atoms with Crippen molar-refractivity contribution >= 4 is 18.1 Å². The largest absolute Gasteiger partial charge is 0.508 e. The maximum Gasteiger partial charge on any atom is 0.336 e. The van der Waals surface area contributed by atoms with E-state index in [1.54, 1.807) is 30.3 Å². The highest BCUT2D eigenvalue weighted by molar-refractivity contribution is 5.98. The molecule has 1 heterocycles. The van der Waals surface area contributed by atoms with Crippen LogP contribution in [0.5, 0.6) is 17.2 Å². The number of ether oxygens (including phenoxy) is 1. The standard InChI is InChI=1S/C22H16O4/c1-12-3-6-15(22(24)25)18(9-12)21-16-7-4-13(2)10-19(16)26-20-11-14(23)5-8-17(20)21/h3-11,23H,2H2,1H3,(H,24,25). The number of hydrogen-bond donors (Lipinski definition) is 2. The number of phenolic OH excluding ortho intramolecular Hbond substituents is 1. The van der Waals surface area contributed by atoms with E-state index in [0.29, 0.717) is 17.1 Å². The van der Waals surface area contributed by atoms with E-state index in [2.05, 4.69) is 6.58 Å². The minimum Gasteiger partial charge on any atom is -0.508 e. The topological polar surface area (TPSA) is 66.8 Å². The highest BCUT2D eigenvalue weighted by Gasteiger charge is 2.24. The summed E-state index contributed by atoms with van der Waals surface area (Å²) in [5, 5.41) is 21.1. The number of rotatable bonds is 2. The molecule has 0 aliphatic carbocycles. The van der Waals surface area contributed by atoms with Crippen molar-refractivity contribution in [2.75, 3.05) is 0 Å². The third kappa shape index (κ3) is 2.52. The van der Waals surface area contributed by atoms with Crippen LogP contribution >= 0.6 is 0 Å². The van der Waals surface area contributed by atoms with E-state index in [1.165, 1.54) is 6.07 Å². The SMILES string of the molecule is C=c1ccc2c(c1)Oc1cc(O)ccc1C=2c1cc(C)ccc1C(=O)O. The van der Waals surface area contributed by atoms with Crippen molar-refractivity contribution in [1.29, 1.82) is 0 Å². The number of benzene rings is 3. The van der Waals surface area contributed by atoms with Crippen molar-refractivity contribution in [3.8, 4) is 17.2 Å². The monoisotopic (exact) mass is 344 g/mol. The molecule has 1 aliphatic rings. The van der Waals surface area contributed by atoms with E-state index in [-0.39, 0.29) is 11.3 Å². The fourth-order valence-corrected chi connectivity index (χ4v) is 3.26. The van der Waals surface area contributed by atoms with Crippen LogP contribution < -0.4 is 15.2 Å². The predicted octanol–water partition coefficient (Wildman–Crippen LogP) is 3.16. The molecule has 1 aliphatic heterocycles. The molecule has 128 valence electrons. The number of aryl methyl sites for hydroxylation is 1. The van der Waals surface area contributed by atoms with Gasteiger partial charge in [0.05, 0.1) is 5.56 Å². The van der Waals surface area contributed by atoms with Gasteiger partial charge in [-0.25, -0.2) is 4.79 Å². The van der Waals surface area contributed by atoms with Crippen molar-refractivity contribution in [3.05, 3.63) is 87.3 Å². The summed E-state index contributed by atoms with van der Waals surface area (Å²) in [6, 6.07) is 15.7. The lowest BCUT2D eigenvalue weighted by Crippen LogP contribution is -2.20. The van der Waals surface area contributed by atoms with Crippen molar-refractivity contribution < 1.29 is 19.7 Å². The van der Waals surface area contributed by atoms with Crippen molar-refractivity contribution in [2.24, 2.45) is 0 Å². The fourth-order valence-electron chi connectivity index (χ4n) is 3.26. The smallest absolute Gasteiger partial charge is 0.336 e. The Kier molecular flexibility index (Phi) is 3.55. The molecule has 3 aromatic rings. The van der Waals surface area contributed by atoms with Gasteiger partial charge in [0.25, 0.3) is 0 Å². The molecular formula is C22H16O4. The van der Waals surface area contributed by atoms with Gasteiger partial charge in [0, 0.05) is 22.4 Å². The molecular weight excluding hydrogens is 328 g/mol. The van der Waals surface area contributed by atoms with E-state index in [4.69, 9.17) is 4.74 Å². The highest BCUT2D eigenvalue weighted by Crippen LogP contribution is 2.38. The molecule has 0 bridgehead atoms. The average molecular weight is 344 g/mol. The predicted molar refractivity (Wildman–Crippen MR) is 99.1 cm³/mol. The van der Waals surface area contributed by atoms with Crippen LogP contribution in [0.1, 0.15) is 27.0 Å². The molecule has 4 nitrogen and oxygen atoms in total. The van der Waals surface area contributed by atoms with Gasteiger partial charge >= 0.3 is 5.97 Å². The normalized spacial score (nSPS) is 12.1. The molecule has 3 aromatic carbocycles. The fraction of sp³-hybridized carbons (Fsp3) is 0.0455. The van der Waals surface area contributed by atoms with E-state index < -0.39 is 5.97 Å². The third-order valence-corrected chi connectivity index (χ3v) is 4.44. The summed E-state index contributed by atoms with van der Waals surface area (Å²) in [7, 11) is 0. The van der Waals surface area contributed by atoms with E-state index in [9.17, 15) is 15.0 Å². The first-order chi connectivity index (χ1) is 12.4. The van der Waals surface area contributed by atoms with Crippen molar-refractivity contribution in [2.45, 2.75) is 6.92 Å². The van der Waals surface area contributed by atoms with Gasteiger partial charge in [0.15, 0.2) is 0 Å².